The molecule has 1 saturated carbocycles. The number of nitrogens with one attached hydrogen (secondary N) is 2. The number of aromatic nitrogens is 3. The number of aromatic amines is 1. The molecular weight excluding hydrogens is 470 g/mol. The monoisotopic (exact) mass is 505 g/mol. The number of amidine groups is 1. The van der Waals surface area contributed by atoms with Crippen molar-refractivity contribution < 1.29 is 0 Å². The van der Waals surface area contributed by atoms with Gasteiger partial charge in [-0.05, 0) is 54.3 Å². The number of piperazine rings is 1. The molecule has 2 aliphatic rings. The smallest absolute Gasteiger partial charge is 0.137 e. The molecule has 1 aromatic carbocycles. The molecule has 7 nitrogen and oxygen atoms in total. The lowest BCUT2D eigenvalue weighted by Crippen LogP contribution is -2.47. The Hall–Kier alpha value is -3.84. The van der Waals surface area contributed by atoms with E-state index in [4.69, 9.17) is 4.99 Å². The van der Waals surface area contributed by atoms with Crippen LogP contribution in [0, 0.1) is 0 Å². The minimum absolute atomic E-state index is 0.171. The van der Waals surface area contributed by atoms with Crippen molar-refractivity contribution in [3.05, 3.63) is 89.0 Å². The molecule has 0 bridgehead atoms. The van der Waals surface area contributed by atoms with Gasteiger partial charge in [-0.2, -0.15) is 0 Å². The van der Waals surface area contributed by atoms with E-state index in [1.54, 1.807) is 0 Å². The van der Waals surface area contributed by atoms with Gasteiger partial charge in [-0.25, -0.2) is 4.98 Å². The summed E-state index contributed by atoms with van der Waals surface area (Å²) >= 11 is 0. The van der Waals surface area contributed by atoms with Crippen molar-refractivity contribution >= 4 is 29.3 Å². The van der Waals surface area contributed by atoms with Gasteiger partial charge >= 0.3 is 0 Å². The summed E-state index contributed by atoms with van der Waals surface area (Å²) in [5.41, 5.74) is 7.47. The number of H-pyrrole nitrogens is 1. The van der Waals surface area contributed by atoms with Crippen LogP contribution >= 0.6 is 0 Å². The number of rotatable bonds is 7. The van der Waals surface area contributed by atoms with Crippen molar-refractivity contribution in [2.24, 2.45) is 9.98 Å². The molecule has 0 amide bonds. The minimum Gasteiger partial charge on any atom is -0.354 e. The third kappa shape index (κ3) is 4.63. The van der Waals surface area contributed by atoms with Gasteiger partial charge < -0.3 is 15.2 Å². The van der Waals surface area contributed by atoms with Gasteiger partial charge in [-0.1, -0.05) is 44.2 Å². The summed E-state index contributed by atoms with van der Waals surface area (Å²) < 4.78 is 0. The molecule has 0 radical (unpaired) electrons. The predicted molar refractivity (Wildman–Crippen MR) is 155 cm³/mol. The third-order valence-electron chi connectivity index (χ3n) is 7.97. The summed E-state index contributed by atoms with van der Waals surface area (Å²) in [6, 6.07) is 15.0. The molecule has 3 aromatic heterocycles. The van der Waals surface area contributed by atoms with Gasteiger partial charge in [0.2, 0.25) is 0 Å². The number of aliphatic imine (C=N–C) groups is 2. The highest BCUT2D eigenvalue weighted by molar-refractivity contribution is 6.04. The van der Waals surface area contributed by atoms with Crippen LogP contribution in [0.25, 0.3) is 11.0 Å². The van der Waals surface area contributed by atoms with E-state index < -0.39 is 0 Å². The Labute approximate surface area is 224 Å². The maximum absolute atomic E-state index is 5.30. The van der Waals surface area contributed by atoms with Crippen LogP contribution in [-0.2, 0) is 12.0 Å². The van der Waals surface area contributed by atoms with Gasteiger partial charge in [0.15, 0.2) is 0 Å². The lowest BCUT2D eigenvalue weighted by Gasteiger charge is -2.32. The Morgan fingerprint density at radius 1 is 1.11 bits per heavy atom. The van der Waals surface area contributed by atoms with Crippen LogP contribution in [0.5, 0.6) is 0 Å². The second-order valence-corrected chi connectivity index (χ2v) is 10.8. The van der Waals surface area contributed by atoms with E-state index in [2.05, 4.69) is 93.2 Å². The van der Waals surface area contributed by atoms with Crippen molar-refractivity contribution in [2.75, 3.05) is 26.2 Å². The van der Waals surface area contributed by atoms with Gasteiger partial charge in [0.25, 0.3) is 0 Å². The van der Waals surface area contributed by atoms with Crippen LogP contribution in [-0.4, -0.2) is 58.6 Å². The van der Waals surface area contributed by atoms with E-state index in [0.717, 1.165) is 65.6 Å². The van der Waals surface area contributed by atoms with E-state index in [1.807, 2.05) is 18.6 Å². The fourth-order valence-electron chi connectivity index (χ4n) is 5.47. The first-order chi connectivity index (χ1) is 18.6. The van der Waals surface area contributed by atoms with E-state index in [1.165, 1.54) is 24.0 Å². The average molecular weight is 506 g/mol. The summed E-state index contributed by atoms with van der Waals surface area (Å²) in [4.78, 5) is 24.8. The Morgan fingerprint density at radius 2 is 1.89 bits per heavy atom. The summed E-state index contributed by atoms with van der Waals surface area (Å²) in [7, 11) is 0. The number of hydrogen-bond acceptors (Lipinski definition) is 5. The Morgan fingerprint density at radius 3 is 2.63 bits per heavy atom. The Balaban J connectivity index is 1.41. The fraction of sp³-hybridized carbons (Fsp3) is 0.355. The van der Waals surface area contributed by atoms with Crippen molar-refractivity contribution in [1.29, 1.82) is 0 Å². The zero-order valence-electron chi connectivity index (χ0n) is 22.2. The number of nitrogens with zero attached hydrogens (tertiary/aromatic N) is 5. The van der Waals surface area contributed by atoms with Crippen LogP contribution in [0.4, 0.5) is 5.69 Å². The molecule has 6 rings (SSSR count). The van der Waals surface area contributed by atoms with Gasteiger partial charge in [0.05, 0.1) is 18.4 Å². The van der Waals surface area contributed by atoms with Crippen LogP contribution < -0.4 is 5.32 Å². The molecule has 4 aromatic rings. The molecule has 4 heterocycles. The fourth-order valence-corrected chi connectivity index (χ4v) is 5.47. The molecule has 2 N–H and O–H groups in total. The molecule has 1 aliphatic carbocycles. The molecule has 1 saturated heterocycles. The Kier molecular flexibility index (Phi) is 6.54. The van der Waals surface area contributed by atoms with Crippen LogP contribution in [0.2, 0.25) is 0 Å². The first kappa shape index (κ1) is 24.5. The first-order valence-corrected chi connectivity index (χ1v) is 13.5. The molecule has 194 valence electrons. The normalized spacial score (nSPS) is 16.7. The van der Waals surface area contributed by atoms with Crippen LogP contribution in [0.15, 0.2) is 71.0 Å². The molecule has 7 heteroatoms. The second kappa shape index (κ2) is 10.1. The SMILES string of the molecule is C=Nc1cncc(C2CC2)c1/C(=N\Cc1ccnc2[nH]c(C(C)(C)c3ccccc3)cc12)N1CCNCC1. The summed E-state index contributed by atoms with van der Waals surface area (Å²) in [6.07, 6.45) is 8.10. The van der Waals surface area contributed by atoms with Crippen molar-refractivity contribution in [3.63, 3.8) is 0 Å². The van der Waals surface area contributed by atoms with Crippen LogP contribution in [0.3, 0.4) is 0 Å². The molecule has 0 spiro atoms. The van der Waals surface area contributed by atoms with Crippen LogP contribution in [0.1, 0.15) is 60.6 Å². The van der Waals surface area contributed by atoms with Gasteiger partial charge in [-0.3, -0.25) is 15.0 Å². The van der Waals surface area contributed by atoms with E-state index in [-0.39, 0.29) is 5.41 Å². The first-order valence-electron chi connectivity index (χ1n) is 13.5. The topological polar surface area (TPSA) is 81.6 Å². The van der Waals surface area contributed by atoms with E-state index in [0.29, 0.717) is 12.5 Å². The molecule has 1 aliphatic heterocycles. The average Bonchev–Trinajstić information content (AvgIpc) is 3.71. The van der Waals surface area contributed by atoms with Gasteiger partial charge in [0, 0.05) is 60.6 Å². The maximum atomic E-state index is 5.30. The lowest BCUT2D eigenvalue weighted by atomic mass is 9.81. The standard InChI is InChI=1S/C31H35N7/c1-31(2,23-7-5-4-6-8-23)27-17-24-22(11-12-35-29(24)37-27)18-36-30(38-15-13-33-14-16-38)28-25(21-9-10-21)19-34-20-26(28)32-3/h4-8,11-12,17,19-21,33H,3,9-10,13-16,18H2,1-2H3,(H,35,37)/b36-30+. The Bertz CT molecular complexity index is 1470. The highest BCUT2D eigenvalue weighted by Crippen LogP contribution is 2.44. The largest absolute Gasteiger partial charge is 0.354 e. The number of benzene rings is 1. The third-order valence-corrected chi connectivity index (χ3v) is 7.97. The maximum Gasteiger partial charge on any atom is 0.137 e. The molecule has 38 heavy (non-hydrogen) atoms. The second-order valence-electron chi connectivity index (χ2n) is 10.8. The van der Waals surface area contributed by atoms with Crippen molar-refractivity contribution in [3.8, 4) is 0 Å². The number of pyridine rings is 2. The summed E-state index contributed by atoms with van der Waals surface area (Å²) in [5.74, 6) is 1.54. The van der Waals surface area contributed by atoms with E-state index >= 15 is 0 Å². The quantitative estimate of drug-likeness (QED) is 0.262. The van der Waals surface area contributed by atoms with Gasteiger partial charge in [0.1, 0.15) is 11.5 Å². The zero-order chi connectivity index (χ0) is 26.1. The number of fused-ring (bicyclic) bond motifs is 1. The molecule has 0 atom stereocenters. The molecule has 0 unspecified atom stereocenters. The van der Waals surface area contributed by atoms with Gasteiger partial charge in [-0.15, -0.1) is 0 Å². The zero-order valence-corrected chi connectivity index (χ0v) is 22.2. The van der Waals surface area contributed by atoms with Crippen molar-refractivity contribution in [1.82, 2.24) is 25.2 Å². The summed E-state index contributed by atoms with van der Waals surface area (Å²) in [6.45, 7) is 12.6. The minimum atomic E-state index is -0.171. The summed E-state index contributed by atoms with van der Waals surface area (Å²) in [5, 5.41) is 4.59. The highest BCUT2D eigenvalue weighted by atomic mass is 15.2. The number of hydrogen-bond donors (Lipinski definition) is 2. The molecular formula is C31H35N7. The van der Waals surface area contributed by atoms with Crippen molar-refractivity contribution in [2.45, 2.75) is 44.6 Å². The molecule has 2 fully saturated rings. The lowest BCUT2D eigenvalue weighted by molar-refractivity contribution is 0.357. The highest BCUT2D eigenvalue weighted by Gasteiger charge is 2.31. The van der Waals surface area contributed by atoms with E-state index in [9.17, 15) is 0 Å². The predicted octanol–water partition coefficient (Wildman–Crippen LogP) is 5.35.